The second kappa shape index (κ2) is 5.38. The predicted octanol–water partition coefficient (Wildman–Crippen LogP) is 3.51. The average Bonchev–Trinajstić information content (AvgIpc) is 2.00. The molecule has 0 aromatic rings. The van der Waals surface area contributed by atoms with Gasteiger partial charge in [0.25, 0.3) is 5.92 Å². The van der Waals surface area contributed by atoms with Gasteiger partial charge in [-0.2, -0.15) is 0 Å². The number of rotatable bonds is 6. The molecule has 0 aliphatic heterocycles. The lowest BCUT2D eigenvalue weighted by Gasteiger charge is -2.15. The molecule has 0 spiro atoms. The summed E-state index contributed by atoms with van der Waals surface area (Å²) in [6.45, 7) is 0.550. The third kappa shape index (κ3) is 5.38. The zero-order chi connectivity index (χ0) is 9.61. The summed E-state index contributed by atoms with van der Waals surface area (Å²) in [5, 5.41) is 0. The van der Waals surface area contributed by atoms with Crippen LogP contribution in [0.1, 0.15) is 32.6 Å². The van der Waals surface area contributed by atoms with Crippen molar-refractivity contribution < 1.29 is 17.6 Å². The van der Waals surface area contributed by atoms with Crippen LogP contribution in [-0.4, -0.2) is 18.8 Å². The van der Waals surface area contributed by atoms with E-state index >= 15 is 0 Å². The number of hydrogen-bond donors (Lipinski definition) is 0. The van der Waals surface area contributed by atoms with Crippen LogP contribution in [0.3, 0.4) is 0 Å². The van der Waals surface area contributed by atoms with Gasteiger partial charge in [0.05, 0.1) is 6.67 Å². The number of hydrogen-bond acceptors (Lipinski definition) is 0. The van der Waals surface area contributed by atoms with Crippen molar-refractivity contribution in [3.8, 4) is 0 Å². The van der Waals surface area contributed by atoms with Crippen LogP contribution in [0.2, 0.25) is 0 Å². The topological polar surface area (TPSA) is 0 Å². The Labute approximate surface area is 70.0 Å². The van der Waals surface area contributed by atoms with Crippen molar-refractivity contribution in [3.05, 3.63) is 0 Å². The van der Waals surface area contributed by atoms with E-state index < -0.39 is 31.6 Å². The van der Waals surface area contributed by atoms with Gasteiger partial charge in [0, 0.05) is 12.8 Å². The van der Waals surface area contributed by atoms with E-state index in [0.717, 1.165) is 0 Å². The van der Waals surface area contributed by atoms with Crippen LogP contribution in [0, 0.1) is 0 Å². The Morgan fingerprint density at radius 2 is 1.83 bits per heavy atom. The molecular formula is C8H14F4. The highest BCUT2D eigenvalue weighted by Gasteiger charge is 2.28. The van der Waals surface area contributed by atoms with E-state index in [9.17, 15) is 17.6 Å². The van der Waals surface area contributed by atoms with E-state index in [-0.39, 0.29) is 12.8 Å². The van der Waals surface area contributed by atoms with Crippen molar-refractivity contribution in [1.82, 2.24) is 0 Å². The van der Waals surface area contributed by atoms with Crippen molar-refractivity contribution in [1.29, 1.82) is 0 Å². The zero-order valence-corrected chi connectivity index (χ0v) is 7.12. The molecule has 0 aromatic carbocycles. The summed E-state index contributed by atoms with van der Waals surface area (Å²) in [7, 11) is 0. The fourth-order valence-corrected chi connectivity index (χ4v) is 0.835. The van der Waals surface area contributed by atoms with Gasteiger partial charge >= 0.3 is 0 Å². The zero-order valence-electron chi connectivity index (χ0n) is 7.12. The van der Waals surface area contributed by atoms with E-state index in [1.54, 1.807) is 6.92 Å². The molecule has 74 valence electrons. The molecule has 0 saturated heterocycles. The quantitative estimate of drug-likeness (QED) is 0.557. The first-order valence-corrected chi connectivity index (χ1v) is 4.09. The predicted molar refractivity (Wildman–Crippen MR) is 40.0 cm³/mol. The molecule has 4 heteroatoms. The minimum atomic E-state index is -3.03. The van der Waals surface area contributed by atoms with E-state index in [2.05, 4.69) is 0 Å². The molecule has 0 fully saturated rings. The average molecular weight is 186 g/mol. The third-order valence-electron chi connectivity index (χ3n) is 1.73. The Hall–Kier alpha value is -0.280. The number of halogens is 4. The van der Waals surface area contributed by atoms with Crippen LogP contribution in [0.25, 0.3) is 0 Å². The highest BCUT2D eigenvalue weighted by Crippen LogP contribution is 2.26. The molecule has 0 aliphatic carbocycles. The standard InChI is InChI=1S/C8H14F4/c1-2-7(10)3-4-8(11,12)5-6-9/h7H,2-6H2,1H3. The highest BCUT2D eigenvalue weighted by molar-refractivity contribution is 4.68. The smallest absolute Gasteiger partial charge is 0.250 e. The minimum Gasteiger partial charge on any atom is -0.251 e. The molecule has 0 bridgehead atoms. The van der Waals surface area contributed by atoms with Crippen LogP contribution in [0.15, 0.2) is 0 Å². The molecule has 0 aromatic heterocycles. The second-order valence-corrected chi connectivity index (χ2v) is 2.84. The molecule has 1 atom stereocenters. The maximum absolute atomic E-state index is 12.5. The van der Waals surface area contributed by atoms with Gasteiger partial charge in [0.2, 0.25) is 0 Å². The fourth-order valence-electron chi connectivity index (χ4n) is 0.835. The molecule has 0 heterocycles. The van der Waals surface area contributed by atoms with Crippen molar-refractivity contribution in [2.24, 2.45) is 0 Å². The summed E-state index contributed by atoms with van der Waals surface area (Å²) in [6, 6.07) is 0. The van der Waals surface area contributed by atoms with Crippen LogP contribution in [-0.2, 0) is 0 Å². The first-order valence-electron chi connectivity index (χ1n) is 4.09. The molecule has 1 unspecified atom stereocenters. The Kier molecular flexibility index (Phi) is 5.25. The lowest BCUT2D eigenvalue weighted by molar-refractivity contribution is -0.0279. The molecule has 12 heavy (non-hydrogen) atoms. The Balaban J connectivity index is 3.59. The van der Waals surface area contributed by atoms with E-state index in [1.165, 1.54) is 0 Å². The molecule has 0 rings (SSSR count). The van der Waals surface area contributed by atoms with Gasteiger partial charge in [0.1, 0.15) is 6.17 Å². The lowest BCUT2D eigenvalue weighted by Crippen LogP contribution is -2.18. The normalized spacial score (nSPS) is 14.8. The van der Waals surface area contributed by atoms with E-state index in [1.807, 2.05) is 0 Å². The summed E-state index contributed by atoms with van der Waals surface area (Å²) in [4.78, 5) is 0. The van der Waals surface area contributed by atoms with E-state index in [4.69, 9.17) is 0 Å². The van der Waals surface area contributed by atoms with Crippen LogP contribution in [0.4, 0.5) is 17.6 Å². The van der Waals surface area contributed by atoms with Crippen molar-refractivity contribution in [2.75, 3.05) is 6.67 Å². The summed E-state index contributed by atoms with van der Waals surface area (Å²) in [6.07, 6.45) is -2.46. The highest BCUT2D eigenvalue weighted by atomic mass is 19.3. The first kappa shape index (κ1) is 11.7. The molecule has 0 aliphatic rings. The van der Waals surface area contributed by atoms with Gasteiger partial charge in [0.15, 0.2) is 0 Å². The van der Waals surface area contributed by atoms with Crippen LogP contribution >= 0.6 is 0 Å². The van der Waals surface area contributed by atoms with Gasteiger partial charge in [-0.25, -0.2) is 13.2 Å². The summed E-state index contributed by atoms with van der Waals surface area (Å²) in [5.74, 6) is -3.03. The Morgan fingerprint density at radius 1 is 1.25 bits per heavy atom. The van der Waals surface area contributed by atoms with Crippen molar-refractivity contribution in [2.45, 2.75) is 44.7 Å². The maximum Gasteiger partial charge on any atom is 0.250 e. The largest absolute Gasteiger partial charge is 0.251 e. The van der Waals surface area contributed by atoms with Crippen molar-refractivity contribution >= 4 is 0 Å². The van der Waals surface area contributed by atoms with Gasteiger partial charge in [-0.05, 0) is 12.8 Å². The number of alkyl halides is 4. The summed E-state index contributed by atoms with van der Waals surface area (Å²) >= 11 is 0. The summed E-state index contributed by atoms with van der Waals surface area (Å²) in [5.41, 5.74) is 0. The lowest BCUT2D eigenvalue weighted by atomic mass is 10.1. The second-order valence-electron chi connectivity index (χ2n) is 2.84. The SMILES string of the molecule is CCC(F)CCC(F)(F)CCF. The first-order chi connectivity index (χ1) is 5.52. The van der Waals surface area contributed by atoms with Crippen LogP contribution < -0.4 is 0 Å². The van der Waals surface area contributed by atoms with Gasteiger partial charge in [-0.3, -0.25) is 4.39 Å². The van der Waals surface area contributed by atoms with Gasteiger partial charge in [-0.15, -0.1) is 0 Å². The van der Waals surface area contributed by atoms with E-state index in [0.29, 0.717) is 0 Å². The monoisotopic (exact) mass is 186 g/mol. The van der Waals surface area contributed by atoms with Gasteiger partial charge < -0.3 is 0 Å². The molecule has 0 N–H and O–H groups in total. The van der Waals surface area contributed by atoms with Crippen molar-refractivity contribution in [3.63, 3.8) is 0 Å². The molecule has 0 saturated carbocycles. The molecular weight excluding hydrogens is 172 g/mol. The Bertz CT molecular complexity index is 114. The third-order valence-corrected chi connectivity index (χ3v) is 1.73. The maximum atomic E-state index is 12.5. The Morgan fingerprint density at radius 3 is 2.25 bits per heavy atom. The fraction of sp³-hybridized carbons (Fsp3) is 1.00. The molecule has 0 radical (unpaired) electrons. The minimum absolute atomic E-state index is 0.177. The van der Waals surface area contributed by atoms with Gasteiger partial charge in [-0.1, -0.05) is 6.92 Å². The summed E-state index contributed by atoms with van der Waals surface area (Å²) < 4.78 is 49.0. The van der Waals surface area contributed by atoms with Crippen LogP contribution in [0.5, 0.6) is 0 Å². The molecule has 0 nitrogen and oxygen atoms in total. The molecule has 0 amide bonds.